The molecule has 8 rings (SSSR count). The van der Waals surface area contributed by atoms with Gasteiger partial charge in [0.05, 0.1) is 4.70 Å². The van der Waals surface area contributed by atoms with E-state index in [9.17, 15) is 0 Å². The summed E-state index contributed by atoms with van der Waals surface area (Å²) in [7, 11) is 0.733. The standard InChI is InChI=1S/C18H12BO2S.C18H12S/c20-19-21-16-11-5-10-15-14-9-4-8-13(17(14)22-18(15)16)12-6-2-1-3-7-12;1-2-7-13(8-3-1)14-10-6-11-16-15-9-4-5-12-17(15)19-18(14)16/h1-11,20H;1-12H. The minimum Gasteiger partial charge on any atom is -0.536 e. The van der Waals surface area contributed by atoms with Crippen LogP contribution in [0.3, 0.4) is 0 Å². The SMILES string of the molecule is O[B]Oc1cccc2c1sc1c(-c3ccccc3)cccc12.c1ccc(-c2cccc3c2sc2ccccc23)cc1. The van der Waals surface area contributed by atoms with Crippen molar-refractivity contribution in [2.45, 2.75) is 0 Å². The summed E-state index contributed by atoms with van der Waals surface area (Å²) in [6.45, 7) is 0. The maximum absolute atomic E-state index is 8.94. The third kappa shape index (κ3) is 4.79. The molecule has 6 aromatic carbocycles. The van der Waals surface area contributed by atoms with Gasteiger partial charge < -0.3 is 9.68 Å². The number of rotatable bonds is 4. The number of hydrogen-bond donors (Lipinski definition) is 1. The topological polar surface area (TPSA) is 29.5 Å². The highest BCUT2D eigenvalue weighted by Crippen LogP contribution is 2.43. The second-order valence-electron chi connectivity index (χ2n) is 9.65. The molecule has 5 heteroatoms. The van der Waals surface area contributed by atoms with E-state index in [1.165, 1.54) is 52.5 Å². The van der Waals surface area contributed by atoms with Crippen LogP contribution in [0, 0.1) is 0 Å². The molecule has 0 aliphatic rings. The Balaban J connectivity index is 0.000000136. The smallest absolute Gasteiger partial charge is 0.536 e. The highest BCUT2D eigenvalue weighted by Gasteiger charge is 2.13. The molecule has 8 aromatic rings. The fraction of sp³-hybridized carbons (Fsp3) is 0. The Kier molecular flexibility index (Phi) is 6.99. The van der Waals surface area contributed by atoms with Gasteiger partial charge >= 0.3 is 7.69 Å². The van der Waals surface area contributed by atoms with E-state index in [0.29, 0.717) is 5.75 Å². The van der Waals surface area contributed by atoms with E-state index >= 15 is 0 Å². The van der Waals surface area contributed by atoms with Crippen molar-refractivity contribution in [3.05, 3.63) is 140 Å². The summed E-state index contributed by atoms with van der Waals surface area (Å²) in [4.78, 5) is 0. The van der Waals surface area contributed by atoms with E-state index in [1.807, 2.05) is 29.5 Å². The van der Waals surface area contributed by atoms with Crippen LogP contribution in [0.1, 0.15) is 0 Å². The molecule has 2 heterocycles. The Hall–Kier alpha value is -4.42. The quantitative estimate of drug-likeness (QED) is 0.216. The van der Waals surface area contributed by atoms with Crippen LogP contribution in [0.2, 0.25) is 0 Å². The Morgan fingerprint density at radius 2 is 0.927 bits per heavy atom. The summed E-state index contributed by atoms with van der Waals surface area (Å²) >= 11 is 3.58. The zero-order chi connectivity index (χ0) is 27.6. The number of thiophene rings is 2. The van der Waals surface area contributed by atoms with Crippen molar-refractivity contribution in [3.8, 4) is 28.0 Å². The molecule has 0 spiro atoms. The summed E-state index contributed by atoms with van der Waals surface area (Å²) in [6.07, 6.45) is 0. The van der Waals surface area contributed by atoms with Crippen molar-refractivity contribution in [1.29, 1.82) is 0 Å². The third-order valence-corrected chi connectivity index (χ3v) is 9.73. The first-order chi connectivity index (χ1) is 20.3. The largest absolute Gasteiger partial charge is 0.569 e. The van der Waals surface area contributed by atoms with E-state index in [-0.39, 0.29) is 0 Å². The first-order valence-corrected chi connectivity index (χ1v) is 15.0. The van der Waals surface area contributed by atoms with E-state index in [0.717, 1.165) is 17.8 Å². The Morgan fingerprint density at radius 1 is 0.439 bits per heavy atom. The average molecular weight is 564 g/mol. The normalized spacial score (nSPS) is 11.0. The van der Waals surface area contributed by atoms with Crippen molar-refractivity contribution in [1.82, 2.24) is 0 Å². The first-order valence-electron chi connectivity index (χ1n) is 13.4. The molecule has 0 aliphatic heterocycles. The van der Waals surface area contributed by atoms with Gasteiger partial charge in [-0.15, -0.1) is 22.7 Å². The summed E-state index contributed by atoms with van der Waals surface area (Å²) < 4.78 is 10.3. The van der Waals surface area contributed by atoms with Crippen LogP contribution < -0.4 is 4.65 Å². The van der Waals surface area contributed by atoms with Gasteiger partial charge in [0.1, 0.15) is 5.75 Å². The second-order valence-corrected chi connectivity index (χ2v) is 11.7. The van der Waals surface area contributed by atoms with Gasteiger partial charge in [0.2, 0.25) is 0 Å². The van der Waals surface area contributed by atoms with Gasteiger partial charge in [-0.25, -0.2) is 0 Å². The van der Waals surface area contributed by atoms with Crippen LogP contribution >= 0.6 is 22.7 Å². The van der Waals surface area contributed by atoms with Crippen LogP contribution in [0.15, 0.2) is 140 Å². The van der Waals surface area contributed by atoms with Gasteiger partial charge in [-0.3, -0.25) is 0 Å². The molecule has 2 nitrogen and oxygen atoms in total. The number of hydrogen-bond acceptors (Lipinski definition) is 4. The van der Waals surface area contributed by atoms with Gasteiger partial charge in [0.25, 0.3) is 0 Å². The van der Waals surface area contributed by atoms with Crippen molar-refractivity contribution in [2.24, 2.45) is 0 Å². The maximum atomic E-state index is 8.94. The molecule has 195 valence electrons. The lowest BCUT2D eigenvalue weighted by Gasteiger charge is -2.02. The number of fused-ring (bicyclic) bond motifs is 6. The lowest BCUT2D eigenvalue weighted by molar-refractivity contribution is 0.457. The van der Waals surface area contributed by atoms with Crippen LogP contribution in [-0.2, 0) is 0 Å². The van der Waals surface area contributed by atoms with E-state index in [4.69, 9.17) is 9.68 Å². The Labute approximate surface area is 247 Å². The minimum atomic E-state index is 0.681. The van der Waals surface area contributed by atoms with Crippen molar-refractivity contribution < 1.29 is 9.68 Å². The van der Waals surface area contributed by atoms with Crippen molar-refractivity contribution >= 4 is 70.7 Å². The number of benzene rings is 6. The summed E-state index contributed by atoms with van der Waals surface area (Å²) in [5.41, 5.74) is 5.05. The third-order valence-electron chi connectivity index (χ3n) is 7.24. The molecule has 1 N–H and O–H groups in total. The molecule has 41 heavy (non-hydrogen) atoms. The monoisotopic (exact) mass is 563 g/mol. The van der Waals surface area contributed by atoms with Gasteiger partial charge in [-0.1, -0.05) is 127 Å². The van der Waals surface area contributed by atoms with Crippen molar-refractivity contribution in [2.75, 3.05) is 0 Å². The highest BCUT2D eigenvalue weighted by molar-refractivity contribution is 7.27. The molecule has 0 saturated heterocycles. The first kappa shape index (κ1) is 25.5. The van der Waals surface area contributed by atoms with Crippen LogP contribution in [0.25, 0.3) is 62.6 Å². The average Bonchev–Trinajstić information content (AvgIpc) is 3.62. The molecule has 0 unspecified atom stereocenters. The van der Waals surface area contributed by atoms with E-state index < -0.39 is 0 Å². The van der Waals surface area contributed by atoms with E-state index in [2.05, 4.69) is 121 Å². The predicted molar refractivity (Wildman–Crippen MR) is 178 cm³/mol. The van der Waals surface area contributed by atoms with Gasteiger partial charge in [0, 0.05) is 35.6 Å². The molecule has 0 saturated carbocycles. The molecule has 0 amide bonds. The van der Waals surface area contributed by atoms with Crippen molar-refractivity contribution in [3.63, 3.8) is 0 Å². The molecule has 0 atom stereocenters. The molecule has 1 radical (unpaired) electrons. The lowest BCUT2D eigenvalue weighted by Crippen LogP contribution is -1.99. The van der Waals surface area contributed by atoms with Crippen LogP contribution in [0.5, 0.6) is 5.75 Å². The molecule has 0 aliphatic carbocycles. The zero-order valence-corrected chi connectivity index (χ0v) is 23.7. The minimum absolute atomic E-state index is 0.681. The van der Waals surface area contributed by atoms with Gasteiger partial charge in [-0.2, -0.15) is 0 Å². The summed E-state index contributed by atoms with van der Waals surface area (Å²) in [5, 5.41) is 14.0. The molecule has 2 aromatic heterocycles. The molecular weight excluding hydrogens is 539 g/mol. The van der Waals surface area contributed by atoms with Crippen LogP contribution in [-0.4, -0.2) is 12.7 Å². The summed E-state index contributed by atoms with van der Waals surface area (Å²) in [6, 6.07) is 48.5. The van der Waals surface area contributed by atoms with E-state index in [1.54, 1.807) is 11.3 Å². The summed E-state index contributed by atoms with van der Waals surface area (Å²) in [5.74, 6) is 0.681. The van der Waals surface area contributed by atoms with Crippen LogP contribution in [0.4, 0.5) is 0 Å². The Bertz CT molecular complexity index is 2110. The van der Waals surface area contributed by atoms with Gasteiger partial charge in [-0.05, 0) is 34.4 Å². The Morgan fingerprint density at radius 3 is 1.56 bits per heavy atom. The highest BCUT2D eigenvalue weighted by atomic mass is 32.1. The molecule has 0 fully saturated rings. The van der Waals surface area contributed by atoms with Gasteiger partial charge in [0.15, 0.2) is 0 Å². The maximum Gasteiger partial charge on any atom is 0.569 e. The molecular formula is C36H24BO2S2. The lowest BCUT2D eigenvalue weighted by atomic mass is 10.0. The predicted octanol–water partition coefficient (Wildman–Crippen LogP) is 10.3. The second kappa shape index (κ2) is 11.2. The fourth-order valence-electron chi connectivity index (χ4n) is 5.38. The zero-order valence-electron chi connectivity index (χ0n) is 22.0. The fourth-order valence-corrected chi connectivity index (χ4v) is 7.91. The molecule has 0 bridgehead atoms.